The number of hydrogen-bond acceptors (Lipinski definition) is 5. The SMILES string of the molecule is COc1ccc(/C=C(\NC(=O)c2ccccc2)C(=O)NCC(=O)OCc2ccccc2)cc1. The van der Waals surface area contributed by atoms with Crippen LogP contribution in [-0.2, 0) is 20.9 Å². The van der Waals surface area contributed by atoms with Crippen LogP contribution >= 0.6 is 0 Å². The highest BCUT2D eigenvalue weighted by molar-refractivity contribution is 6.05. The molecule has 0 aromatic heterocycles. The van der Waals surface area contributed by atoms with Gasteiger partial charge in [0.05, 0.1) is 7.11 Å². The Balaban J connectivity index is 1.67. The fourth-order valence-electron chi connectivity index (χ4n) is 2.85. The van der Waals surface area contributed by atoms with Gasteiger partial charge in [-0.05, 0) is 41.5 Å². The molecule has 0 aliphatic rings. The molecule has 168 valence electrons. The first-order valence-corrected chi connectivity index (χ1v) is 10.2. The van der Waals surface area contributed by atoms with Gasteiger partial charge in [-0.25, -0.2) is 0 Å². The number of nitrogens with one attached hydrogen (secondary N) is 2. The zero-order valence-corrected chi connectivity index (χ0v) is 18.1. The van der Waals surface area contributed by atoms with Crippen molar-refractivity contribution in [3.8, 4) is 5.75 Å². The van der Waals surface area contributed by atoms with Crippen molar-refractivity contribution in [1.29, 1.82) is 0 Å². The Morgan fingerprint density at radius 1 is 0.848 bits per heavy atom. The lowest BCUT2D eigenvalue weighted by Crippen LogP contribution is -2.37. The van der Waals surface area contributed by atoms with Crippen molar-refractivity contribution in [3.63, 3.8) is 0 Å². The first kappa shape index (κ1) is 23.3. The summed E-state index contributed by atoms with van der Waals surface area (Å²) in [5, 5.41) is 5.12. The minimum atomic E-state index is -0.619. The fraction of sp³-hybridized carbons (Fsp3) is 0.115. The summed E-state index contributed by atoms with van der Waals surface area (Å²) in [6, 6.07) is 24.7. The van der Waals surface area contributed by atoms with Crippen molar-refractivity contribution in [2.45, 2.75) is 6.61 Å². The normalized spacial score (nSPS) is 10.8. The minimum absolute atomic E-state index is 0.00937. The molecule has 7 nitrogen and oxygen atoms in total. The largest absolute Gasteiger partial charge is 0.497 e. The van der Waals surface area contributed by atoms with Crippen molar-refractivity contribution < 1.29 is 23.9 Å². The topological polar surface area (TPSA) is 93.7 Å². The number of methoxy groups -OCH3 is 1. The maximum absolute atomic E-state index is 12.8. The number of carbonyl (C=O) groups excluding carboxylic acids is 3. The average Bonchev–Trinajstić information content (AvgIpc) is 2.87. The minimum Gasteiger partial charge on any atom is -0.497 e. The highest BCUT2D eigenvalue weighted by Crippen LogP contribution is 2.14. The van der Waals surface area contributed by atoms with Crippen LogP contribution in [0.2, 0.25) is 0 Å². The second-order valence-corrected chi connectivity index (χ2v) is 6.98. The molecule has 0 heterocycles. The maximum Gasteiger partial charge on any atom is 0.325 e. The van der Waals surface area contributed by atoms with Crippen LogP contribution in [0.1, 0.15) is 21.5 Å². The third kappa shape index (κ3) is 7.36. The van der Waals surface area contributed by atoms with Gasteiger partial charge in [-0.2, -0.15) is 0 Å². The second kappa shape index (κ2) is 11.9. The van der Waals surface area contributed by atoms with Crippen molar-refractivity contribution in [3.05, 3.63) is 107 Å². The van der Waals surface area contributed by atoms with Gasteiger partial charge >= 0.3 is 5.97 Å². The van der Waals surface area contributed by atoms with E-state index in [1.807, 2.05) is 30.3 Å². The van der Waals surface area contributed by atoms with Gasteiger partial charge in [0.25, 0.3) is 11.8 Å². The monoisotopic (exact) mass is 444 g/mol. The van der Waals surface area contributed by atoms with E-state index in [-0.39, 0.29) is 18.8 Å². The second-order valence-electron chi connectivity index (χ2n) is 6.98. The number of rotatable bonds is 9. The van der Waals surface area contributed by atoms with Gasteiger partial charge in [0.1, 0.15) is 24.6 Å². The predicted octanol–water partition coefficient (Wildman–Crippen LogP) is 3.33. The van der Waals surface area contributed by atoms with E-state index in [1.165, 1.54) is 6.08 Å². The highest BCUT2D eigenvalue weighted by Gasteiger charge is 2.16. The molecular formula is C26H24N2O5. The standard InChI is InChI=1S/C26H24N2O5/c1-32-22-14-12-19(13-15-22)16-23(28-25(30)21-10-6-3-7-11-21)26(31)27-17-24(29)33-18-20-8-4-2-5-9-20/h2-16H,17-18H2,1H3,(H,27,31)(H,28,30)/b23-16-. The summed E-state index contributed by atoms with van der Waals surface area (Å²) in [5.74, 6) is -0.998. The van der Waals surface area contributed by atoms with Crippen LogP contribution in [0.4, 0.5) is 0 Å². The average molecular weight is 444 g/mol. The molecule has 0 saturated carbocycles. The van der Waals surface area contributed by atoms with Crippen molar-refractivity contribution in [2.75, 3.05) is 13.7 Å². The molecule has 2 N–H and O–H groups in total. The van der Waals surface area contributed by atoms with Gasteiger partial charge < -0.3 is 20.1 Å². The maximum atomic E-state index is 12.8. The third-order valence-electron chi connectivity index (χ3n) is 4.59. The molecule has 3 aromatic carbocycles. The molecule has 0 aliphatic carbocycles. The van der Waals surface area contributed by atoms with Crippen LogP contribution in [0.3, 0.4) is 0 Å². The summed E-state index contributed by atoms with van der Waals surface area (Å²) in [6.07, 6.45) is 1.52. The number of esters is 1. The van der Waals surface area contributed by atoms with Gasteiger partial charge in [0, 0.05) is 5.56 Å². The lowest BCUT2D eigenvalue weighted by atomic mass is 10.1. The molecule has 7 heteroatoms. The Morgan fingerprint density at radius 2 is 1.48 bits per heavy atom. The number of carbonyl (C=O) groups is 3. The van der Waals surface area contributed by atoms with Crippen molar-refractivity contribution in [2.24, 2.45) is 0 Å². The number of amides is 2. The predicted molar refractivity (Wildman–Crippen MR) is 124 cm³/mol. The molecule has 0 spiro atoms. The Bertz CT molecular complexity index is 1110. The van der Waals surface area contributed by atoms with Crippen molar-refractivity contribution >= 4 is 23.9 Å². The van der Waals surface area contributed by atoms with Crippen LogP contribution in [0.25, 0.3) is 6.08 Å². The summed E-state index contributed by atoms with van der Waals surface area (Å²) in [4.78, 5) is 37.5. The molecule has 0 aliphatic heterocycles. The van der Waals surface area contributed by atoms with Gasteiger partial charge in [-0.1, -0.05) is 60.7 Å². The molecule has 3 aromatic rings. The summed E-state index contributed by atoms with van der Waals surface area (Å²) in [5.41, 5.74) is 1.89. The van der Waals surface area contributed by atoms with Crippen LogP contribution in [0.15, 0.2) is 90.6 Å². The van der Waals surface area contributed by atoms with E-state index in [1.54, 1.807) is 61.7 Å². The fourth-order valence-corrected chi connectivity index (χ4v) is 2.85. The molecule has 0 radical (unpaired) electrons. The van der Waals surface area contributed by atoms with Gasteiger partial charge in [-0.3, -0.25) is 14.4 Å². The Morgan fingerprint density at radius 3 is 2.12 bits per heavy atom. The van der Waals surface area contributed by atoms with Gasteiger partial charge in [0.2, 0.25) is 0 Å². The van der Waals surface area contributed by atoms with Crippen LogP contribution in [-0.4, -0.2) is 31.4 Å². The quantitative estimate of drug-likeness (QED) is 0.390. The van der Waals surface area contributed by atoms with Crippen LogP contribution in [0.5, 0.6) is 5.75 Å². The summed E-state index contributed by atoms with van der Waals surface area (Å²) in [6.45, 7) is -0.234. The summed E-state index contributed by atoms with van der Waals surface area (Å²) in [7, 11) is 1.56. The molecular weight excluding hydrogens is 420 g/mol. The lowest BCUT2D eigenvalue weighted by Gasteiger charge is -2.11. The van der Waals surface area contributed by atoms with E-state index in [0.717, 1.165) is 5.56 Å². The molecule has 0 bridgehead atoms. The molecule has 33 heavy (non-hydrogen) atoms. The summed E-state index contributed by atoms with van der Waals surface area (Å²) < 4.78 is 10.3. The molecule has 3 rings (SSSR count). The van der Waals surface area contributed by atoms with E-state index in [4.69, 9.17) is 9.47 Å². The Kier molecular flexibility index (Phi) is 8.36. The Hall–Kier alpha value is -4.39. The zero-order chi connectivity index (χ0) is 23.5. The van der Waals surface area contributed by atoms with E-state index in [2.05, 4.69) is 10.6 Å². The van der Waals surface area contributed by atoms with Gasteiger partial charge in [0.15, 0.2) is 0 Å². The number of benzene rings is 3. The molecule has 2 amide bonds. The zero-order valence-electron chi connectivity index (χ0n) is 18.1. The van der Waals surface area contributed by atoms with Gasteiger partial charge in [-0.15, -0.1) is 0 Å². The van der Waals surface area contributed by atoms with Crippen LogP contribution in [0, 0.1) is 0 Å². The van der Waals surface area contributed by atoms with Crippen LogP contribution < -0.4 is 15.4 Å². The first-order valence-electron chi connectivity index (χ1n) is 10.2. The highest BCUT2D eigenvalue weighted by atomic mass is 16.5. The molecule has 0 atom stereocenters. The molecule has 0 fully saturated rings. The summed E-state index contributed by atoms with van der Waals surface area (Å²) >= 11 is 0. The lowest BCUT2D eigenvalue weighted by molar-refractivity contribution is -0.144. The number of ether oxygens (including phenoxy) is 2. The molecule has 0 saturated heterocycles. The third-order valence-corrected chi connectivity index (χ3v) is 4.59. The van der Waals surface area contributed by atoms with E-state index in [9.17, 15) is 14.4 Å². The smallest absolute Gasteiger partial charge is 0.325 e. The molecule has 0 unspecified atom stereocenters. The van der Waals surface area contributed by atoms with E-state index in [0.29, 0.717) is 16.9 Å². The number of hydrogen-bond donors (Lipinski definition) is 2. The van der Waals surface area contributed by atoms with Crippen molar-refractivity contribution in [1.82, 2.24) is 10.6 Å². The first-order chi connectivity index (χ1) is 16.0. The van der Waals surface area contributed by atoms with E-state index >= 15 is 0 Å². The Labute approximate surface area is 192 Å². The van der Waals surface area contributed by atoms with E-state index < -0.39 is 17.8 Å².